The molecule has 0 unspecified atom stereocenters. The number of carboxylic acids is 1. The van der Waals surface area contributed by atoms with E-state index in [-0.39, 0.29) is 12.2 Å². The number of furan rings is 1. The van der Waals surface area contributed by atoms with E-state index in [1.165, 1.54) is 12.3 Å². The van der Waals surface area contributed by atoms with Crippen LogP contribution in [0.15, 0.2) is 35.0 Å². The normalized spacial score (nSPS) is 10.6. The molecule has 1 aromatic rings. The molecule has 1 aromatic heterocycles. The van der Waals surface area contributed by atoms with Crippen LogP contribution < -0.4 is 0 Å². The number of ketones is 1. The van der Waals surface area contributed by atoms with Crippen LogP contribution in [-0.4, -0.2) is 16.9 Å². The maximum absolute atomic E-state index is 11.3. The van der Waals surface area contributed by atoms with Crippen LogP contribution in [0.2, 0.25) is 0 Å². The number of hydrogen-bond donors (Lipinski definition) is 1. The Labute approximate surface area is 80.8 Å². The molecule has 1 N–H and O–H groups in total. The summed E-state index contributed by atoms with van der Waals surface area (Å²) in [5, 5.41) is 8.27. The zero-order valence-corrected chi connectivity index (χ0v) is 7.47. The molecule has 0 bridgehead atoms. The molecule has 1 heterocycles. The van der Waals surface area contributed by atoms with Gasteiger partial charge < -0.3 is 9.52 Å². The number of carboxylic acid groups (broad SMARTS) is 1. The van der Waals surface area contributed by atoms with Crippen LogP contribution in [0.3, 0.4) is 0 Å². The van der Waals surface area contributed by atoms with E-state index in [0.29, 0.717) is 12.2 Å². The van der Waals surface area contributed by atoms with Gasteiger partial charge in [-0.15, -0.1) is 0 Å². The molecule has 0 aliphatic rings. The van der Waals surface area contributed by atoms with Crippen molar-refractivity contribution in [2.75, 3.05) is 0 Å². The van der Waals surface area contributed by atoms with Crippen LogP contribution in [0.25, 0.3) is 0 Å². The van der Waals surface area contributed by atoms with Gasteiger partial charge in [0.15, 0.2) is 11.5 Å². The summed E-state index contributed by atoms with van der Waals surface area (Å²) in [6.07, 6.45) is 4.57. The highest BCUT2D eigenvalue weighted by atomic mass is 16.4. The minimum absolute atomic E-state index is 0.120. The first-order valence-corrected chi connectivity index (χ1v) is 4.16. The standard InChI is InChI=1S/C10H10O4/c11-8(9-5-3-7-14-9)4-1-2-6-10(12)13/h2-3,5-7H,1,4H2,(H,12,13)/b6-2+. The molecule has 0 radical (unpaired) electrons. The van der Waals surface area contributed by atoms with Gasteiger partial charge in [-0.3, -0.25) is 4.79 Å². The zero-order valence-electron chi connectivity index (χ0n) is 7.47. The van der Waals surface area contributed by atoms with Crippen molar-refractivity contribution in [3.05, 3.63) is 36.3 Å². The van der Waals surface area contributed by atoms with Gasteiger partial charge in [-0.2, -0.15) is 0 Å². The lowest BCUT2D eigenvalue weighted by Crippen LogP contribution is -1.95. The van der Waals surface area contributed by atoms with E-state index in [4.69, 9.17) is 9.52 Å². The van der Waals surface area contributed by atoms with E-state index < -0.39 is 5.97 Å². The Morgan fingerprint density at radius 1 is 1.50 bits per heavy atom. The van der Waals surface area contributed by atoms with Gasteiger partial charge in [0.05, 0.1) is 6.26 Å². The minimum atomic E-state index is -1.00. The van der Waals surface area contributed by atoms with E-state index in [0.717, 1.165) is 6.08 Å². The smallest absolute Gasteiger partial charge is 0.327 e. The van der Waals surface area contributed by atoms with Gasteiger partial charge in [0, 0.05) is 12.5 Å². The molecule has 0 spiro atoms. The Bertz CT molecular complexity index is 335. The lowest BCUT2D eigenvalue weighted by molar-refractivity contribution is -0.131. The highest BCUT2D eigenvalue weighted by molar-refractivity contribution is 5.93. The van der Waals surface area contributed by atoms with Gasteiger partial charge in [0.25, 0.3) is 0 Å². The Morgan fingerprint density at radius 3 is 2.86 bits per heavy atom. The van der Waals surface area contributed by atoms with Crippen molar-refractivity contribution in [3.8, 4) is 0 Å². The summed E-state index contributed by atoms with van der Waals surface area (Å²) in [5.74, 6) is -0.811. The molecule has 4 nitrogen and oxygen atoms in total. The first-order valence-electron chi connectivity index (χ1n) is 4.16. The Balaban J connectivity index is 2.33. The fourth-order valence-electron chi connectivity index (χ4n) is 0.959. The predicted octanol–water partition coefficient (Wildman–Crippen LogP) is 1.88. The third-order valence-corrected chi connectivity index (χ3v) is 1.59. The van der Waals surface area contributed by atoms with Crippen molar-refractivity contribution in [1.29, 1.82) is 0 Å². The van der Waals surface area contributed by atoms with Crippen molar-refractivity contribution in [3.63, 3.8) is 0 Å². The van der Waals surface area contributed by atoms with Crippen molar-refractivity contribution < 1.29 is 19.1 Å². The van der Waals surface area contributed by atoms with Crippen molar-refractivity contribution >= 4 is 11.8 Å². The fraction of sp³-hybridized carbons (Fsp3) is 0.200. The third kappa shape index (κ3) is 3.26. The van der Waals surface area contributed by atoms with E-state index in [1.54, 1.807) is 12.1 Å². The van der Waals surface area contributed by atoms with Crippen LogP contribution in [0, 0.1) is 0 Å². The number of aliphatic carboxylic acids is 1. The molecule has 4 heteroatoms. The summed E-state index contributed by atoms with van der Waals surface area (Å²) in [6.45, 7) is 0. The molecule has 0 saturated carbocycles. The minimum Gasteiger partial charge on any atom is -0.478 e. The Hall–Kier alpha value is -1.84. The van der Waals surface area contributed by atoms with Crippen LogP contribution >= 0.6 is 0 Å². The maximum atomic E-state index is 11.3. The maximum Gasteiger partial charge on any atom is 0.327 e. The zero-order chi connectivity index (χ0) is 10.4. The van der Waals surface area contributed by atoms with E-state index >= 15 is 0 Å². The van der Waals surface area contributed by atoms with E-state index in [2.05, 4.69) is 0 Å². The number of Topliss-reactive ketones (excluding diaryl/α,β-unsaturated/α-hetero) is 1. The topological polar surface area (TPSA) is 67.5 Å². The van der Waals surface area contributed by atoms with Crippen LogP contribution in [-0.2, 0) is 4.79 Å². The molecule has 74 valence electrons. The highest BCUT2D eigenvalue weighted by Crippen LogP contribution is 2.06. The monoisotopic (exact) mass is 194 g/mol. The Kier molecular flexibility index (Phi) is 3.67. The average Bonchev–Trinajstić information content (AvgIpc) is 2.64. The average molecular weight is 194 g/mol. The molecule has 0 saturated heterocycles. The first-order chi connectivity index (χ1) is 6.70. The second kappa shape index (κ2) is 5.01. The molecular weight excluding hydrogens is 184 g/mol. The van der Waals surface area contributed by atoms with Gasteiger partial charge in [-0.1, -0.05) is 6.08 Å². The fourth-order valence-corrected chi connectivity index (χ4v) is 0.959. The SMILES string of the molecule is O=C(O)/C=C/CCC(=O)c1ccco1. The van der Waals surface area contributed by atoms with E-state index in [9.17, 15) is 9.59 Å². The van der Waals surface area contributed by atoms with Gasteiger partial charge >= 0.3 is 5.97 Å². The summed E-state index contributed by atoms with van der Waals surface area (Å²) < 4.78 is 4.88. The van der Waals surface area contributed by atoms with Gasteiger partial charge in [0.2, 0.25) is 0 Å². The molecule has 0 aliphatic heterocycles. The molecule has 0 atom stereocenters. The molecule has 1 rings (SSSR count). The quantitative estimate of drug-likeness (QED) is 0.574. The van der Waals surface area contributed by atoms with Gasteiger partial charge in [-0.25, -0.2) is 4.79 Å². The van der Waals surface area contributed by atoms with Crippen molar-refractivity contribution in [1.82, 2.24) is 0 Å². The summed E-state index contributed by atoms with van der Waals surface area (Å²) in [5.41, 5.74) is 0. The molecule has 0 fully saturated rings. The lowest BCUT2D eigenvalue weighted by Gasteiger charge is -1.92. The predicted molar refractivity (Wildman–Crippen MR) is 49.0 cm³/mol. The summed E-state index contributed by atoms with van der Waals surface area (Å²) in [7, 11) is 0. The highest BCUT2D eigenvalue weighted by Gasteiger charge is 2.06. The van der Waals surface area contributed by atoms with Crippen molar-refractivity contribution in [2.45, 2.75) is 12.8 Å². The first kappa shape index (κ1) is 10.2. The molecular formula is C10H10O4. The number of allylic oxidation sites excluding steroid dienone is 1. The molecule has 0 amide bonds. The second-order valence-corrected chi connectivity index (χ2v) is 2.68. The van der Waals surface area contributed by atoms with Crippen LogP contribution in [0.5, 0.6) is 0 Å². The number of carbonyl (C=O) groups excluding carboxylic acids is 1. The summed E-state index contributed by atoms with van der Waals surface area (Å²) >= 11 is 0. The molecule has 0 aliphatic carbocycles. The lowest BCUT2D eigenvalue weighted by atomic mass is 10.2. The van der Waals surface area contributed by atoms with Crippen molar-refractivity contribution in [2.24, 2.45) is 0 Å². The number of hydrogen-bond acceptors (Lipinski definition) is 3. The number of carbonyl (C=O) groups is 2. The van der Waals surface area contributed by atoms with E-state index in [1.807, 2.05) is 0 Å². The largest absolute Gasteiger partial charge is 0.478 e. The second-order valence-electron chi connectivity index (χ2n) is 2.68. The summed E-state index contributed by atoms with van der Waals surface area (Å²) in [4.78, 5) is 21.4. The van der Waals surface area contributed by atoms with Crippen LogP contribution in [0.4, 0.5) is 0 Å². The Morgan fingerprint density at radius 2 is 2.29 bits per heavy atom. The third-order valence-electron chi connectivity index (χ3n) is 1.59. The van der Waals surface area contributed by atoms with Gasteiger partial charge in [-0.05, 0) is 18.6 Å². The van der Waals surface area contributed by atoms with Gasteiger partial charge in [0.1, 0.15) is 0 Å². The summed E-state index contributed by atoms with van der Waals surface area (Å²) in [6, 6.07) is 3.23. The molecule has 14 heavy (non-hydrogen) atoms. The van der Waals surface area contributed by atoms with Crippen LogP contribution in [0.1, 0.15) is 23.4 Å². The number of rotatable bonds is 5. The molecule has 0 aromatic carbocycles.